The van der Waals surface area contributed by atoms with Crippen LogP contribution in [0.25, 0.3) is 0 Å². The molecule has 250 valence electrons. The van der Waals surface area contributed by atoms with Crippen molar-refractivity contribution in [1.29, 1.82) is 0 Å². The number of hydrogen-bond acceptors (Lipinski definition) is 10. The standard InChI is InChI=1S/C35H46N2O9/c1-8-45-32(39)34(33(40)46-9-2)12-13-35(25-19-30(44-7)28(42-5)17-23(25)10-14-36-35)26(20-34)31-24-18-29(43-6)27(41-4)16-22(24)11-15-37(31)21(3)38/h16-19,26,31,36H,8-15,20H2,1-7H3/t26-,31?,35+/m1/s1. The Morgan fingerprint density at radius 2 is 1.37 bits per heavy atom. The van der Waals surface area contributed by atoms with Gasteiger partial charge in [-0.25, -0.2) is 0 Å². The van der Waals surface area contributed by atoms with Gasteiger partial charge in [0.05, 0.1) is 47.7 Å². The van der Waals surface area contributed by atoms with Gasteiger partial charge in [0.2, 0.25) is 5.91 Å². The van der Waals surface area contributed by atoms with Gasteiger partial charge < -0.3 is 38.6 Å². The molecule has 1 saturated carbocycles. The molecule has 1 N–H and O–H groups in total. The Morgan fingerprint density at radius 1 is 0.804 bits per heavy atom. The van der Waals surface area contributed by atoms with E-state index in [2.05, 4.69) is 5.32 Å². The molecular weight excluding hydrogens is 592 g/mol. The van der Waals surface area contributed by atoms with Crippen LogP contribution < -0.4 is 24.3 Å². The minimum Gasteiger partial charge on any atom is -0.493 e. The lowest BCUT2D eigenvalue weighted by atomic mass is 9.55. The van der Waals surface area contributed by atoms with Crippen LogP contribution >= 0.6 is 0 Å². The number of carbonyl (C=O) groups excluding carboxylic acids is 3. The molecule has 0 saturated heterocycles. The number of nitrogens with zero attached hydrogens (tertiary/aromatic N) is 1. The van der Waals surface area contributed by atoms with Crippen molar-refractivity contribution < 1.29 is 42.8 Å². The Hall–Kier alpha value is -3.99. The molecule has 3 atom stereocenters. The van der Waals surface area contributed by atoms with E-state index in [0.717, 1.165) is 28.7 Å². The summed E-state index contributed by atoms with van der Waals surface area (Å²) in [6.07, 6.45) is 2.05. The molecule has 0 radical (unpaired) electrons. The van der Waals surface area contributed by atoms with Crippen LogP contribution in [0.3, 0.4) is 0 Å². The van der Waals surface area contributed by atoms with Crippen molar-refractivity contribution in [2.24, 2.45) is 11.3 Å². The fourth-order valence-corrected chi connectivity index (χ4v) is 8.00. The number of esters is 2. The molecule has 0 bridgehead atoms. The molecule has 11 heteroatoms. The number of benzene rings is 2. The largest absolute Gasteiger partial charge is 0.493 e. The van der Waals surface area contributed by atoms with Crippen LogP contribution in [-0.2, 0) is 42.2 Å². The number of methoxy groups -OCH3 is 4. The average molecular weight is 639 g/mol. The normalized spacial score (nSPS) is 23.1. The van der Waals surface area contributed by atoms with Gasteiger partial charge in [-0.3, -0.25) is 14.4 Å². The maximum atomic E-state index is 13.9. The number of carbonyl (C=O) groups is 3. The van der Waals surface area contributed by atoms with Crippen LogP contribution in [-0.4, -0.2) is 77.5 Å². The zero-order chi connectivity index (χ0) is 33.2. The Morgan fingerprint density at radius 3 is 1.93 bits per heavy atom. The summed E-state index contributed by atoms with van der Waals surface area (Å²) in [5.74, 6) is 0.550. The second kappa shape index (κ2) is 13.4. The molecule has 46 heavy (non-hydrogen) atoms. The minimum atomic E-state index is -1.56. The van der Waals surface area contributed by atoms with Gasteiger partial charge in [0, 0.05) is 31.5 Å². The van der Waals surface area contributed by atoms with Crippen molar-refractivity contribution in [3.8, 4) is 23.0 Å². The van der Waals surface area contributed by atoms with E-state index in [1.165, 1.54) is 0 Å². The zero-order valence-corrected chi connectivity index (χ0v) is 27.9. The van der Waals surface area contributed by atoms with Crippen molar-refractivity contribution in [2.75, 3.05) is 54.7 Å². The highest BCUT2D eigenvalue weighted by Crippen LogP contribution is 2.59. The molecule has 5 rings (SSSR count). The number of amides is 1. The summed E-state index contributed by atoms with van der Waals surface area (Å²) in [6, 6.07) is 7.39. The first-order valence-corrected chi connectivity index (χ1v) is 16.0. The molecule has 2 aromatic rings. The number of fused-ring (bicyclic) bond motifs is 3. The average Bonchev–Trinajstić information content (AvgIpc) is 3.07. The lowest BCUT2D eigenvalue weighted by Gasteiger charge is -2.57. The van der Waals surface area contributed by atoms with Gasteiger partial charge in [-0.2, -0.15) is 0 Å². The molecule has 2 aromatic carbocycles. The number of hydrogen-bond donors (Lipinski definition) is 1. The molecule has 1 amide bonds. The first kappa shape index (κ1) is 33.4. The van der Waals surface area contributed by atoms with Crippen molar-refractivity contribution in [3.63, 3.8) is 0 Å². The Balaban J connectivity index is 1.81. The Kier molecular flexibility index (Phi) is 9.72. The highest BCUT2D eigenvalue weighted by molar-refractivity contribution is 6.00. The van der Waals surface area contributed by atoms with Gasteiger partial charge in [-0.15, -0.1) is 0 Å². The molecule has 1 spiro atoms. The van der Waals surface area contributed by atoms with Crippen LogP contribution in [0, 0.1) is 11.3 Å². The van der Waals surface area contributed by atoms with Gasteiger partial charge in [-0.1, -0.05) is 0 Å². The summed E-state index contributed by atoms with van der Waals surface area (Å²) < 4.78 is 34.0. The lowest BCUT2D eigenvalue weighted by molar-refractivity contribution is -0.180. The van der Waals surface area contributed by atoms with Crippen LogP contribution in [0.15, 0.2) is 24.3 Å². The summed E-state index contributed by atoms with van der Waals surface area (Å²) in [5.41, 5.74) is 1.67. The monoisotopic (exact) mass is 638 g/mol. The molecule has 11 nitrogen and oxygen atoms in total. The summed E-state index contributed by atoms with van der Waals surface area (Å²) in [5, 5.41) is 3.85. The molecule has 1 unspecified atom stereocenters. The first-order valence-electron chi connectivity index (χ1n) is 16.0. The van der Waals surface area contributed by atoms with E-state index in [-0.39, 0.29) is 32.0 Å². The predicted octanol–water partition coefficient (Wildman–Crippen LogP) is 4.12. The third kappa shape index (κ3) is 5.42. The molecule has 1 aliphatic carbocycles. The van der Waals surface area contributed by atoms with Crippen molar-refractivity contribution in [1.82, 2.24) is 10.2 Å². The molecular formula is C35H46N2O9. The van der Waals surface area contributed by atoms with Crippen LogP contribution in [0.4, 0.5) is 0 Å². The van der Waals surface area contributed by atoms with E-state index >= 15 is 0 Å². The second-order valence-corrected chi connectivity index (χ2v) is 12.2. The Labute approximate surface area is 270 Å². The number of nitrogens with one attached hydrogen (secondary N) is 1. The van der Waals surface area contributed by atoms with E-state index in [9.17, 15) is 14.4 Å². The number of rotatable bonds is 9. The van der Waals surface area contributed by atoms with Gasteiger partial charge in [0.25, 0.3) is 0 Å². The van der Waals surface area contributed by atoms with Crippen LogP contribution in [0.1, 0.15) is 68.3 Å². The third-order valence-electron chi connectivity index (χ3n) is 10.1. The minimum absolute atomic E-state index is 0.0910. The topological polar surface area (TPSA) is 122 Å². The fraction of sp³-hybridized carbons (Fsp3) is 0.571. The van der Waals surface area contributed by atoms with Crippen LogP contribution in [0.5, 0.6) is 23.0 Å². The van der Waals surface area contributed by atoms with Gasteiger partial charge in [0.15, 0.2) is 28.4 Å². The lowest BCUT2D eigenvalue weighted by Crippen LogP contribution is -2.63. The summed E-state index contributed by atoms with van der Waals surface area (Å²) in [7, 11) is 6.40. The second-order valence-electron chi connectivity index (χ2n) is 12.2. The van der Waals surface area contributed by atoms with Crippen molar-refractivity contribution >= 4 is 17.8 Å². The third-order valence-corrected chi connectivity index (χ3v) is 10.1. The molecule has 0 aromatic heterocycles. The molecule has 2 aliphatic heterocycles. The fourth-order valence-electron chi connectivity index (χ4n) is 8.00. The summed E-state index contributed by atoms with van der Waals surface area (Å²) in [6.45, 7) is 6.37. The van der Waals surface area contributed by atoms with Crippen molar-refractivity contribution in [3.05, 3.63) is 46.5 Å². The van der Waals surface area contributed by atoms with Crippen LogP contribution in [0.2, 0.25) is 0 Å². The maximum absolute atomic E-state index is 13.9. The Bertz CT molecular complexity index is 1470. The highest BCUT2D eigenvalue weighted by Gasteiger charge is 2.62. The van der Waals surface area contributed by atoms with E-state index < -0.39 is 34.9 Å². The highest BCUT2D eigenvalue weighted by atomic mass is 16.6. The quantitative estimate of drug-likeness (QED) is 0.317. The molecule has 1 fully saturated rings. The smallest absolute Gasteiger partial charge is 0.323 e. The SMILES string of the molecule is CCOC(=O)C1(C(=O)OCC)CC[C@@]2(NCCc3cc(OC)c(OC)cc32)[C@@H](C2c3cc(OC)c(OC)cc3CCN2C(C)=O)C1. The predicted molar refractivity (Wildman–Crippen MR) is 169 cm³/mol. The first-order chi connectivity index (χ1) is 22.1. The summed E-state index contributed by atoms with van der Waals surface area (Å²) >= 11 is 0. The van der Waals surface area contributed by atoms with E-state index in [4.69, 9.17) is 28.4 Å². The molecule has 3 aliphatic rings. The van der Waals surface area contributed by atoms with E-state index in [1.807, 2.05) is 29.2 Å². The number of ether oxygens (including phenoxy) is 6. The van der Waals surface area contributed by atoms with E-state index in [0.29, 0.717) is 48.9 Å². The van der Waals surface area contributed by atoms with Crippen molar-refractivity contribution in [2.45, 2.75) is 64.5 Å². The summed E-state index contributed by atoms with van der Waals surface area (Å²) in [4.78, 5) is 43.2. The zero-order valence-electron chi connectivity index (χ0n) is 27.9. The maximum Gasteiger partial charge on any atom is 0.323 e. The van der Waals surface area contributed by atoms with Gasteiger partial charge in [-0.05, 0) is 92.5 Å². The molecule has 2 heterocycles. The van der Waals surface area contributed by atoms with Gasteiger partial charge in [0.1, 0.15) is 0 Å². The van der Waals surface area contributed by atoms with E-state index in [1.54, 1.807) is 49.2 Å². The van der Waals surface area contributed by atoms with Gasteiger partial charge >= 0.3 is 11.9 Å².